The quantitative estimate of drug-likeness (QED) is 0.511. The Morgan fingerprint density at radius 3 is 1.89 bits per heavy atom. The topological polar surface area (TPSA) is 35.5 Å². The highest BCUT2D eigenvalue weighted by molar-refractivity contribution is 9.09. The fourth-order valence-corrected chi connectivity index (χ4v) is 3.62. The average Bonchev–Trinajstić information content (AvgIpc) is 2.35. The maximum absolute atomic E-state index is 12.7. The van der Waals surface area contributed by atoms with E-state index in [1.807, 2.05) is 32.0 Å². The van der Waals surface area contributed by atoms with Crippen molar-refractivity contribution >= 4 is 44.8 Å². The third kappa shape index (κ3) is 5.54. The van der Waals surface area contributed by atoms with Crippen LogP contribution in [0.2, 0.25) is 0 Å². The van der Waals surface area contributed by atoms with Gasteiger partial charge in [0.15, 0.2) is 0 Å². The Morgan fingerprint density at radius 2 is 1.50 bits per heavy atom. The molecule has 0 radical (unpaired) electrons. The van der Waals surface area contributed by atoms with Gasteiger partial charge in [0.05, 0.1) is 18.5 Å². The molecule has 6 heteroatoms. The number of hydrogen-bond acceptors (Lipinski definition) is 3. The van der Waals surface area contributed by atoms with Crippen LogP contribution in [0.3, 0.4) is 0 Å². The molecule has 0 saturated heterocycles. The Morgan fingerprint density at radius 1 is 1.06 bits per heavy atom. The van der Waals surface area contributed by atoms with Crippen LogP contribution in [0.25, 0.3) is 0 Å². The zero-order valence-electron chi connectivity index (χ0n) is 10.4. The number of alkyl halides is 2. The van der Waals surface area contributed by atoms with Crippen molar-refractivity contribution in [3.05, 3.63) is 30.3 Å². The van der Waals surface area contributed by atoms with Gasteiger partial charge < -0.3 is 9.05 Å². The molecule has 0 aliphatic rings. The lowest BCUT2D eigenvalue weighted by molar-refractivity contribution is 0.218. The van der Waals surface area contributed by atoms with E-state index in [0.29, 0.717) is 18.5 Å². The Hall–Kier alpha value is 0.330. The first-order valence-corrected chi connectivity index (χ1v) is 9.04. The molecule has 0 saturated carbocycles. The van der Waals surface area contributed by atoms with E-state index in [0.717, 1.165) is 0 Å². The van der Waals surface area contributed by atoms with E-state index >= 15 is 0 Å². The Balaban J connectivity index is 2.83. The number of benzene rings is 1. The van der Waals surface area contributed by atoms with Gasteiger partial charge in [-0.25, -0.2) is 0 Å². The van der Waals surface area contributed by atoms with E-state index in [-0.39, 0.29) is 9.65 Å². The summed E-state index contributed by atoms with van der Waals surface area (Å²) in [6.07, 6.45) is 0. The summed E-state index contributed by atoms with van der Waals surface area (Å²) in [6, 6.07) is 9.04. The van der Waals surface area contributed by atoms with E-state index in [9.17, 15) is 4.57 Å². The predicted molar refractivity (Wildman–Crippen MR) is 82.4 cm³/mol. The highest BCUT2D eigenvalue weighted by Gasteiger charge is 2.28. The fourth-order valence-electron chi connectivity index (χ4n) is 1.20. The maximum atomic E-state index is 12.7. The van der Waals surface area contributed by atoms with Gasteiger partial charge in [-0.2, -0.15) is 0 Å². The SMILES string of the molecule is CC(Br)COP(=O)(OCC(C)Br)c1ccccc1. The monoisotopic (exact) mass is 398 g/mol. The lowest BCUT2D eigenvalue weighted by Crippen LogP contribution is -2.16. The van der Waals surface area contributed by atoms with Crippen LogP contribution in [0, 0.1) is 0 Å². The third-order valence-corrected chi connectivity index (χ3v) is 4.46. The maximum Gasteiger partial charge on any atom is 0.361 e. The van der Waals surface area contributed by atoms with E-state index in [2.05, 4.69) is 31.9 Å². The van der Waals surface area contributed by atoms with Gasteiger partial charge >= 0.3 is 7.60 Å². The smallest absolute Gasteiger partial charge is 0.304 e. The summed E-state index contributed by atoms with van der Waals surface area (Å²) in [5.74, 6) is 0. The molecule has 0 bridgehead atoms. The molecule has 3 nitrogen and oxygen atoms in total. The van der Waals surface area contributed by atoms with Crippen LogP contribution in [0.5, 0.6) is 0 Å². The minimum Gasteiger partial charge on any atom is -0.304 e. The van der Waals surface area contributed by atoms with E-state index in [1.165, 1.54) is 0 Å². The summed E-state index contributed by atoms with van der Waals surface area (Å²) in [4.78, 5) is 0.249. The Kier molecular flexibility index (Phi) is 7.11. The summed E-state index contributed by atoms with van der Waals surface area (Å²) in [7, 11) is -3.24. The van der Waals surface area contributed by atoms with Crippen molar-refractivity contribution in [3.8, 4) is 0 Å². The van der Waals surface area contributed by atoms with Gasteiger partial charge in [0.1, 0.15) is 0 Å². The summed E-state index contributed by atoms with van der Waals surface area (Å²) in [5, 5.41) is 0.589. The van der Waals surface area contributed by atoms with Crippen LogP contribution in [-0.4, -0.2) is 22.9 Å². The zero-order chi connectivity index (χ0) is 13.6. The third-order valence-electron chi connectivity index (χ3n) is 2.02. The van der Waals surface area contributed by atoms with E-state index in [1.54, 1.807) is 12.1 Å². The minimum atomic E-state index is -3.24. The zero-order valence-corrected chi connectivity index (χ0v) is 14.4. The van der Waals surface area contributed by atoms with Gasteiger partial charge in [-0.3, -0.25) is 4.57 Å². The van der Waals surface area contributed by atoms with Crippen LogP contribution >= 0.6 is 39.5 Å². The van der Waals surface area contributed by atoms with Gasteiger partial charge in [0.2, 0.25) is 0 Å². The predicted octanol–water partition coefficient (Wildman–Crippen LogP) is 4.11. The van der Waals surface area contributed by atoms with Gasteiger partial charge in [-0.05, 0) is 12.1 Å². The lowest BCUT2D eigenvalue weighted by Gasteiger charge is -2.20. The van der Waals surface area contributed by atoms with E-state index < -0.39 is 7.60 Å². The summed E-state index contributed by atoms with van der Waals surface area (Å²) < 4.78 is 23.7. The molecule has 1 aromatic rings. The normalized spacial score (nSPS) is 18.0. The highest BCUT2D eigenvalue weighted by atomic mass is 79.9. The molecule has 18 heavy (non-hydrogen) atoms. The standard InChI is InChI=1S/C12H17Br2O3P/c1-10(13)8-16-18(15,17-9-11(2)14)12-6-4-3-5-7-12/h3-7,10-11H,8-9H2,1-2H3. The largest absolute Gasteiger partial charge is 0.361 e. The first kappa shape index (κ1) is 16.4. The molecule has 0 fully saturated rings. The van der Waals surface area contributed by atoms with Gasteiger partial charge in [-0.1, -0.05) is 63.9 Å². The highest BCUT2D eigenvalue weighted by Crippen LogP contribution is 2.47. The molecular formula is C12H17Br2O3P. The summed E-state index contributed by atoms with van der Waals surface area (Å²) >= 11 is 6.74. The van der Waals surface area contributed by atoms with Crippen LogP contribution in [-0.2, 0) is 13.6 Å². The molecule has 0 aliphatic heterocycles. The molecule has 2 unspecified atom stereocenters. The van der Waals surface area contributed by atoms with Gasteiger partial charge in [0.25, 0.3) is 0 Å². The Bertz CT molecular complexity index is 380. The molecule has 102 valence electrons. The second kappa shape index (κ2) is 7.81. The second-order valence-corrected chi connectivity index (χ2v) is 9.14. The van der Waals surface area contributed by atoms with Crippen molar-refractivity contribution in [2.75, 3.05) is 13.2 Å². The molecule has 0 aromatic heterocycles. The first-order chi connectivity index (χ1) is 8.44. The van der Waals surface area contributed by atoms with Crippen molar-refractivity contribution in [1.82, 2.24) is 0 Å². The van der Waals surface area contributed by atoms with Gasteiger partial charge in [0, 0.05) is 9.65 Å². The van der Waals surface area contributed by atoms with Crippen molar-refractivity contribution in [2.24, 2.45) is 0 Å². The second-order valence-electron chi connectivity index (χ2n) is 3.99. The van der Waals surface area contributed by atoms with Crippen molar-refractivity contribution in [2.45, 2.75) is 23.5 Å². The molecular weight excluding hydrogens is 383 g/mol. The van der Waals surface area contributed by atoms with Crippen LogP contribution in [0.1, 0.15) is 13.8 Å². The van der Waals surface area contributed by atoms with Crippen molar-refractivity contribution in [3.63, 3.8) is 0 Å². The average molecular weight is 400 g/mol. The first-order valence-electron chi connectivity index (χ1n) is 5.67. The molecule has 1 aromatic carbocycles. The van der Waals surface area contributed by atoms with Crippen molar-refractivity contribution < 1.29 is 13.6 Å². The van der Waals surface area contributed by atoms with Crippen molar-refractivity contribution in [1.29, 1.82) is 0 Å². The molecule has 0 amide bonds. The molecule has 0 spiro atoms. The minimum absolute atomic E-state index is 0.125. The molecule has 0 aliphatic carbocycles. The molecule has 0 heterocycles. The Labute approximate surface area is 125 Å². The number of hydrogen-bond donors (Lipinski definition) is 0. The van der Waals surface area contributed by atoms with E-state index in [4.69, 9.17) is 9.05 Å². The summed E-state index contributed by atoms with van der Waals surface area (Å²) in [5.41, 5.74) is 0. The number of rotatable bonds is 7. The van der Waals surface area contributed by atoms with Gasteiger partial charge in [-0.15, -0.1) is 0 Å². The molecule has 1 rings (SSSR count). The lowest BCUT2D eigenvalue weighted by atomic mass is 10.4. The summed E-state index contributed by atoms with van der Waals surface area (Å²) in [6.45, 7) is 4.54. The van der Waals surface area contributed by atoms with Crippen LogP contribution < -0.4 is 5.30 Å². The fraction of sp³-hybridized carbons (Fsp3) is 0.500. The van der Waals surface area contributed by atoms with Crippen LogP contribution in [0.4, 0.5) is 0 Å². The number of halogens is 2. The molecule has 2 atom stereocenters. The molecule has 0 N–H and O–H groups in total. The van der Waals surface area contributed by atoms with Crippen LogP contribution in [0.15, 0.2) is 30.3 Å².